The highest BCUT2D eigenvalue weighted by Crippen LogP contribution is 2.29. The number of carbonyl (C=O) groups excluding carboxylic acids is 2. The van der Waals surface area contributed by atoms with E-state index in [9.17, 15) is 9.59 Å². The molecule has 154 valence electrons. The van der Waals surface area contributed by atoms with Gasteiger partial charge in [0, 0.05) is 24.2 Å². The van der Waals surface area contributed by atoms with Crippen molar-refractivity contribution in [3.05, 3.63) is 53.6 Å². The van der Waals surface area contributed by atoms with Gasteiger partial charge in [0.1, 0.15) is 11.5 Å². The summed E-state index contributed by atoms with van der Waals surface area (Å²) in [5.41, 5.74) is 2.80. The SMILES string of the molecule is CCOc1ccc(N2CC(C(=O)NC(C)c3cc(C)ccc3OC)CC2=O)cc1. The molecule has 2 unspecified atom stereocenters. The molecule has 3 rings (SSSR count). The third-order valence-corrected chi connectivity index (χ3v) is 5.17. The lowest BCUT2D eigenvalue weighted by molar-refractivity contribution is -0.126. The highest BCUT2D eigenvalue weighted by Gasteiger charge is 2.35. The Morgan fingerprint density at radius 3 is 2.62 bits per heavy atom. The van der Waals surface area contributed by atoms with E-state index in [0.717, 1.165) is 28.3 Å². The maximum Gasteiger partial charge on any atom is 0.227 e. The Balaban J connectivity index is 1.66. The average Bonchev–Trinajstić information content (AvgIpc) is 3.10. The van der Waals surface area contributed by atoms with Crippen molar-refractivity contribution in [3.63, 3.8) is 0 Å². The first-order valence-electron chi connectivity index (χ1n) is 9.91. The van der Waals surface area contributed by atoms with Crippen molar-refractivity contribution in [1.29, 1.82) is 0 Å². The van der Waals surface area contributed by atoms with Gasteiger partial charge in [-0.25, -0.2) is 0 Å². The van der Waals surface area contributed by atoms with Crippen LogP contribution in [-0.4, -0.2) is 32.1 Å². The molecule has 0 saturated carbocycles. The highest BCUT2D eigenvalue weighted by atomic mass is 16.5. The number of nitrogens with one attached hydrogen (secondary N) is 1. The fraction of sp³-hybridized carbons (Fsp3) is 0.391. The number of aryl methyl sites for hydroxylation is 1. The van der Waals surface area contributed by atoms with Gasteiger partial charge in [0.2, 0.25) is 11.8 Å². The molecule has 1 saturated heterocycles. The Labute approximate surface area is 171 Å². The molecule has 1 N–H and O–H groups in total. The molecule has 2 atom stereocenters. The van der Waals surface area contributed by atoms with Crippen LogP contribution in [-0.2, 0) is 9.59 Å². The second kappa shape index (κ2) is 8.99. The summed E-state index contributed by atoms with van der Waals surface area (Å²) < 4.78 is 10.9. The normalized spacial score (nSPS) is 17.2. The largest absolute Gasteiger partial charge is 0.496 e. The predicted molar refractivity (Wildman–Crippen MR) is 112 cm³/mol. The topological polar surface area (TPSA) is 67.9 Å². The number of anilines is 1. The third-order valence-electron chi connectivity index (χ3n) is 5.17. The summed E-state index contributed by atoms with van der Waals surface area (Å²) >= 11 is 0. The Hall–Kier alpha value is -3.02. The molecule has 0 aromatic heterocycles. The van der Waals surface area contributed by atoms with Gasteiger partial charge in [-0.2, -0.15) is 0 Å². The van der Waals surface area contributed by atoms with Crippen LogP contribution in [0.1, 0.15) is 37.4 Å². The molecular formula is C23H28N2O4. The molecule has 0 spiro atoms. The van der Waals surface area contributed by atoms with Crippen molar-refractivity contribution in [2.45, 2.75) is 33.2 Å². The first kappa shape index (κ1) is 20.7. The monoisotopic (exact) mass is 396 g/mol. The number of ether oxygens (including phenoxy) is 2. The van der Waals surface area contributed by atoms with Crippen LogP contribution >= 0.6 is 0 Å². The molecule has 0 radical (unpaired) electrons. The summed E-state index contributed by atoms with van der Waals surface area (Å²) in [5.74, 6) is 0.949. The van der Waals surface area contributed by atoms with Gasteiger partial charge in [0.05, 0.1) is 25.7 Å². The molecular weight excluding hydrogens is 368 g/mol. The molecule has 0 aliphatic carbocycles. The molecule has 29 heavy (non-hydrogen) atoms. The van der Waals surface area contributed by atoms with Gasteiger partial charge >= 0.3 is 0 Å². The smallest absolute Gasteiger partial charge is 0.227 e. The summed E-state index contributed by atoms with van der Waals surface area (Å²) in [6.45, 7) is 6.82. The van der Waals surface area contributed by atoms with Crippen molar-refractivity contribution in [2.75, 3.05) is 25.2 Å². The Morgan fingerprint density at radius 2 is 1.97 bits per heavy atom. The lowest BCUT2D eigenvalue weighted by atomic mass is 10.0. The summed E-state index contributed by atoms with van der Waals surface area (Å²) in [7, 11) is 1.62. The van der Waals surface area contributed by atoms with Crippen molar-refractivity contribution >= 4 is 17.5 Å². The van der Waals surface area contributed by atoms with E-state index in [1.807, 2.05) is 63.2 Å². The molecule has 2 amide bonds. The predicted octanol–water partition coefficient (Wildman–Crippen LogP) is 3.63. The van der Waals surface area contributed by atoms with E-state index < -0.39 is 0 Å². The Morgan fingerprint density at radius 1 is 1.24 bits per heavy atom. The van der Waals surface area contributed by atoms with Gasteiger partial charge in [-0.05, 0) is 51.1 Å². The molecule has 2 aromatic rings. The second-order valence-corrected chi connectivity index (χ2v) is 7.31. The number of hydrogen-bond donors (Lipinski definition) is 1. The first-order chi connectivity index (χ1) is 13.9. The van der Waals surface area contributed by atoms with E-state index in [4.69, 9.17) is 9.47 Å². The van der Waals surface area contributed by atoms with Gasteiger partial charge < -0.3 is 19.7 Å². The number of methoxy groups -OCH3 is 1. The third kappa shape index (κ3) is 4.70. The highest BCUT2D eigenvalue weighted by molar-refractivity contribution is 6.00. The summed E-state index contributed by atoms with van der Waals surface area (Å²) in [4.78, 5) is 27.0. The lowest BCUT2D eigenvalue weighted by Crippen LogP contribution is -2.34. The van der Waals surface area contributed by atoms with Crippen LogP contribution in [0.25, 0.3) is 0 Å². The number of hydrogen-bond acceptors (Lipinski definition) is 4. The number of benzene rings is 2. The number of amides is 2. The van der Waals surface area contributed by atoms with Crippen LogP contribution < -0.4 is 19.7 Å². The zero-order valence-electron chi connectivity index (χ0n) is 17.4. The van der Waals surface area contributed by atoms with Crippen molar-refractivity contribution < 1.29 is 19.1 Å². The quantitative estimate of drug-likeness (QED) is 0.776. The fourth-order valence-corrected chi connectivity index (χ4v) is 3.62. The van der Waals surface area contributed by atoms with Gasteiger partial charge in [-0.1, -0.05) is 17.7 Å². The minimum absolute atomic E-state index is 0.0462. The molecule has 6 nitrogen and oxygen atoms in total. The van der Waals surface area contributed by atoms with Gasteiger partial charge in [0.15, 0.2) is 0 Å². The van der Waals surface area contributed by atoms with E-state index in [1.54, 1.807) is 12.0 Å². The number of rotatable bonds is 7. The average molecular weight is 396 g/mol. The van der Waals surface area contributed by atoms with Crippen LogP contribution in [0.4, 0.5) is 5.69 Å². The Bertz CT molecular complexity index is 879. The number of carbonyl (C=O) groups is 2. The van der Waals surface area contributed by atoms with E-state index in [1.165, 1.54) is 0 Å². The molecule has 1 heterocycles. The molecule has 1 aliphatic heterocycles. The van der Waals surface area contributed by atoms with E-state index in [0.29, 0.717) is 13.2 Å². The van der Waals surface area contributed by atoms with E-state index in [-0.39, 0.29) is 30.2 Å². The van der Waals surface area contributed by atoms with Crippen molar-refractivity contribution in [3.8, 4) is 11.5 Å². The molecule has 2 aromatic carbocycles. The van der Waals surface area contributed by atoms with Crippen LogP contribution in [0.5, 0.6) is 11.5 Å². The number of nitrogens with zero attached hydrogens (tertiary/aromatic N) is 1. The molecule has 0 bridgehead atoms. The Kier molecular flexibility index (Phi) is 6.42. The van der Waals surface area contributed by atoms with Crippen molar-refractivity contribution in [2.24, 2.45) is 5.92 Å². The minimum Gasteiger partial charge on any atom is -0.496 e. The standard InChI is InChI=1S/C23H28N2O4/c1-5-29-19-9-7-18(8-10-19)25-14-17(13-22(25)26)23(27)24-16(3)20-12-15(2)6-11-21(20)28-4/h6-12,16-17H,5,13-14H2,1-4H3,(H,24,27). The van der Waals surface area contributed by atoms with Crippen LogP contribution in [0.3, 0.4) is 0 Å². The second-order valence-electron chi connectivity index (χ2n) is 7.31. The van der Waals surface area contributed by atoms with Gasteiger partial charge in [-0.3, -0.25) is 9.59 Å². The maximum atomic E-state index is 12.8. The van der Waals surface area contributed by atoms with Crippen molar-refractivity contribution in [1.82, 2.24) is 5.32 Å². The fourth-order valence-electron chi connectivity index (χ4n) is 3.62. The zero-order valence-corrected chi connectivity index (χ0v) is 17.4. The van der Waals surface area contributed by atoms with Gasteiger partial charge in [-0.15, -0.1) is 0 Å². The zero-order chi connectivity index (χ0) is 21.0. The van der Waals surface area contributed by atoms with Crippen LogP contribution in [0, 0.1) is 12.8 Å². The first-order valence-corrected chi connectivity index (χ1v) is 9.91. The molecule has 1 aliphatic rings. The molecule has 6 heteroatoms. The molecule has 1 fully saturated rings. The van der Waals surface area contributed by atoms with Crippen LogP contribution in [0.15, 0.2) is 42.5 Å². The summed E-state index contributed by atoms with van der Waals surface area (Å²) in [5, 5.41) is 3.04. The van der Waals surface area contributed by atoms with E-state index >= 15 is 0 Å². The minimum atomic E-state index is -0.382. The lowest BCUT2D eigenvalue weighted by Gasteiger charge is -2.20. The van der Waals surface area contributed by atoms with Crippen LogP contribution in [0.2, 0.25) is 0 Å². The maximum absolute atomic E-state index is 12.8. The summed E-state index contributed by atoms with van der Waals surface area (Å²) in [6.07, 6.45) is 0.205. The summed E-state index contributed by atoms with van der Waals surface area (Å²) in [6, 6.07) is 13.0. The van der Waals surface area contributed by atoms with Gasteiger partial charge in [0.25, 0.3) is 0 Å². The van der Waals surface area contributed by atoms with E-state index in [2.05, 4.69) is 5.32 Å².